The predicted octanol–water partition coefficient (Wildman–Crippen LogP) is 5.02. The van der Waals surface area contributed by atoms with Crippen LogP contribution in [0.2, 0.25) is 0 Å². The van der Waals surface area contributed by atoms with Crippen LogP contribution in [0, 0.1) is 0 Å². The summed E-state index contributed by atoms with van der Waals surface area (Å²) in [5.74, 6) is 0.285. The summed E-state index contributed by atoms with van der Waals surface area (Å²) in [7, 11) is 10.4. The van der Waals surface area contributed by atoms with Crippen LogP contribution in [0.25, 0.3) is 11.1 Å². The van der Waals surface area contributed by atoms with Crippen LogP contribution in [0.5, 0.6) is 0 Å². The van der Waals surface area contributed by atoms with E-state index < -0.39 is 0 Å². The highest BCUT2D eigenvalue weighted by molar-refractivity contribution is 5.85. The molecule has 0 bridgehead atoms. The third-order valence-electron chi connectivity index (χ3n) is 5.55. The van der Waals surface area contributed by atoms with Crippen molar-refractivity contribution < 1.29 is 0 Å². The van der Waals surface area contributed by atoms with Crippen molar-refractivity contribution in [3.05, 3.63) is 77.4 Å². The lowest BCUT2D eigenvalue weighted by atomic mass is 9.89. The minimum Gasteiger partial charge on any atom is -0.388 e. The fraction of sp³-hybridized carbons (Fsp3) is 0.250. The van der Waals surface area contributed by atoms with Crippen LogP contribution in [0.3, 0.4) is 0 Å². The van der Waals surface area contributed by atoms with Gasteiger partial charge in [-0.25, -0.2) is 0 Å². The smallest absolute Gasteiger partial charge is 0.0367 e. The molecule has 0 saturated carbocycles. The molecule has 1 aliphatic carbocycles. The number of nitrogens with zero attached hydrogens (tertiary/aromatic N) is 2. The molecule has 0 aromatic heterocycles. The summed E-state index contributed by atoms with van der Waals surface area (Å²) in [4.78, 5) is 4.34. The first-order valence-corrected chi connectivity index (χ1v) is 9.40. The van der Waals surface area contributed by atoms with Gasteiger partial charge in [0.25, 0.3) is 0 Å². The van der Waals surface area contributed by atoms with E-state index in [1.807, 2.05) is 7.05 Å². The van der Waals surface area contributed by atoms with Crippen LogP contribution >= 0.6 is 0 Å². The number of hydrogen-bond donors (Lipinski definition) is 1. The number of anilines is 3. The van der Waals surface area contributed by atoms with Crippen LogP contribution in [0.4, 0.5) is 17.1 Å². The lowest BCUT2D eigenvalue weighted by molar-refractivity contribution is 1.01. The fourth-order valence-corrected chi connectivity index (χ4v) is 3.98. The fourth-order valence-electron chi connectivity index (χ4n) is 3.98. The zero-order valence-corrected chi connectivity index (χ0v) is 16.7. The summed E-state index contributed by atoms with van der Waals surface area (Å²) in [6.45, 7) is 0. The second-order valence-electron chi connectivity index (χ2n) is 7.64. The van der Waals surface area contributed by atoms with E-state index in [-0.39, 0.29) is 5.92 Å². The largest absolute Gasteiger partial charge is 0.388 e. The van der Waals surface area contributed by atoms with Crippen molar-refractivity contribution in [2.45, 2.75) is 5.92 Å². The summed E-state index contributed by atoms with van der Waals surface area (Å²) in [6, 6.07) is 22.5. The minimum absolute atomic E-state index is 0.285. The van der Waals surface area contributed by atoms with Gasteiger partial charge in [0.15, 0.2) is 0 Å². The van der Waals surface area contributed by atoms with Crippen molar-refractivity contribution in [2.24, 2.45) is 0 Å². The van der Waals surface area contributed by atoms with Crippen molar-refractivity contribution in [3.63, 3.8) is 0 Å². The molecule has 0 atom stereocenters. The molecule has 27 heavy (non-hydrogen) atoms. The van der Waals surface area contributed by atoms with Gasteiger partial charge in [0.2, 0.25) is 0 Å². The summed E-state index contributed by atoms with van der Waals surface area (Å²) in [6.07, 6.45) is 0. The molecule has 3 aromatic carbocycles. The Morgan fingerprint density at radius 1 is 0.667 bits per heavy atom. The van der Waals surface area contributed by atoms with Crippen molar-refractivity contribution >= 4 is 17.1 Å². The molecule has 3 nitrogen and oxygen atoms in total. The standard InChI is InChI=1S/C24H27N3/c1-25-17-8-6-16(7-9-17)24-20-12-10-18(26(2)3)14-22(20)23-15-19(27(4)5)11-13-21(23)24/h6-15,24-25H,1-5H3. The van der Waals surface area contributed by atoms with E-state index in [4.69, 9.17) is 0 Å². The molecule has 0 heterocycles. The van der Waals surface area contributed by atoms with Crippen LogP contribution in [-0.2, 0) is 0 Å². The Bertz CT molecular complexity index is 914. The SMILES string of the molecule is CNc1ccc(C2c3ccc(N(C)C)cc3-c3cc(N(C)C)ccc32)cc1. The van der Waals surface area contributed by atoms with E-state index in [0.717, 1.165) is 5.69 Å². The quantitative estimate of drug-likeness (QED) is 0.553. The van der Waals surface area contributed by atoms with Gasteiger partial charge in [-0.2, -0.15) is 0 Å². The van der Waals surface area contributed by atoms with Gasteiger partial charge in [0, 0.05) is 58.2 Å². The Labute approximate surface area is 162 Å². The Kier molecular flexibility index (Phi) is 4.31. The molecular formula is C24H27N3. The van der Waals surface area contributed by atoms with Crippen LogP contribution in [0.15, 0.2) is 60.7 Å². The molecule has 3 heteroatoms. The van der Waals surface area contributed by atoms with Gasteiger partial charge in [-0.05, 0) is 64.2 Å². The summed E-state index contributed by atoms with van der Waals surface area (Å²) in [5, 5.41) is 3.21. The monoisotopic (exact) mass is 357 g/mol. The van der Waals surface area contributed by atoms with Gasteiger partial charge < -0.3 is 15.1 Å². The van der Waals surface area contributed by atoms with Crippen molar-refractivity contribution in [1.29, 1.82) is 0 Å². The van der Waals surface area contributed by atoms with Crippen molar-refractivity contribution in [1.82, 2.24) is 0 Å². The zero-order valence-electron chi connectivity index (χ0n) is 16.7. The molecule has 1 N–H and O–H groups in total. The van der Waals surface area contributed by atoms with Crippen LogP contribution in [0.1, 0.15) is 22.6 Å². The maximum Gasteiger partial charge on any atom is 0.0367 e. The third-order valence-corrected chi connectivity index (χ3v) is 5.55. The van der Waals surface area contributed by atoms with Crippen LogP contribution in [-0.4, -0.2) is 35.2 Å². The van der Waals surface area contributed by atoms with Gasteiger partial charge in [-0.1, -0.05) is 24.3 Å². The average Bonchev–Trinajstić information content (AvgIpc) is 3.01. The zero-order chi connectivity index (χ0) is 19.1. The highest BCUT2D eigenvalue weighted by atomic mass is 15.1. The molecule has 4 rings (SSSR count). The number of rotatable bonds is 4. The van der Waals surface area contributed by atoms with Gasteiger partial charge in [0.05, 0.1) is 0 Å². The number of fused-ring (bicyclic) bond motifs is 3. The van der Waals surface area contributed by atoms with Gasteiger partial charge in [-0.3, -0.25) is 0 Å². The minimum atomic E-state index is 0.285. The average molecular weight is 358 g/mol. The van der Waals surface area contributed by atoms with Gasteiger partial charge in [-0.15, -0.1) is 0 Å². The van der Waals surface area contributed by atoms with Gasteiger partial charge >= 0.3 is 0 Å². The molecule has 3 aromatic rings. The molecule has 0 aliphatic heterocycles. The second-order valence-corrected chi connectivity index (χ2v) is 7.64. The summed E-state index contributed by atoms with van der Waals surface area (Å²) < 4.78 is 0. The topological polar surface area (TPSA) is 18.5 Å². The first kappa shape index (κ1) is 17.5. The number of benzene rings is 3. The lowest BCUT2D eigenvalue weighted by Gasteiger charge is -2.17. The van der Waals surface area contributed by atoms with Gasteiger partial charge in [0.1, 0.15) is 0 Å². The molecule has 1 aliphatic rings. The Morgan fingerprint density at radius 2 is 1.15 bits per heavy atom. The molecule has 0 amide bonds. The summed E-state index contributed by atoms with van der Waals surface area (Å²) >= 11 is 0. The molecule has 0 fully saturated rings. The summed E-state index contributed by atoms with van der Waals surface area (Å²) in [5.41, 5.74) is 10.4. The molecule has 0 spiro atoms. The van der Waals surface area contributed by atoms with Crippen molar-refractivity contribution in [3.8, 4) is 11.1 Å². The third kappa shape index (κ3) is 2.93. The Morgan fingerprint density at radius 3 is 1.56 bits per heavy atom. The van der Waals surface area contributed by atoms with E-state index in [0.29, 0.717) is 0 Å². The van der Waals surface area contributed by atoms with E-state index in [1.54, 1.807) is 0 Å². The maximum atomic E-state index is 3.21. The van der Waals surface area contributed by atoms with Crippen molar-refractivity contribution in [2.75, 3.05) is 50.4 Å². The predicted molar refractivity (Wildman–Crippen MR) is 117 cm³/mol. The second kappa shape index (κ2) is 6.66. The number of nitrogens with one attached hydrogen (secondary N) is 1. The molecular weight excluding hydrogens is 330 g/mol. The highest BCUT2D eigenvalue weighted by Crippen LogP contribution is 2.50. The molecule has 0 radical (unpaired) electrons. The first-order valence-electron chi connectivity index (χ1n) is 9.40. The molecule has 138 valence electrons. The Hall–Kier alpha value is -2.94. The lowest BCUT2D eigenvalue weighted by Crippen LogP contribution is -2.09. The maximum absolute atomic E-state index is 3.21. The molecule has 0 unspecified atom stereocenters. The first-order chi connectivity index (χ1) is 13.0. The Balaban J connectivity index is 1.91. The van der Waals surface area contributed by atoms with E-state index in [1.165, 1.54) is 39.2 Å². The number of hydrogen-bond acceptors (Lipinski definition) is 3. The van der Waals surface area contributed by atoms with E-state index >= 15 is 0 Å². The van der Waals surface area contributed by atoms with Crippen LogP contribution < -0.4 is 15.1 Å². The van der Waals surface area contributed by atoms with E-state index in [2.05, 4.69) is 104 Å². The normalized spacial score (nSPS) is 12.5. The highest BCUT2D eigenvalue weighted by Gasteiger charge is 2.30. The molecule has 0 saturated heterocycles. The van der Waals surface area contributed by atoms with E-state index in [9.17, 15) is 0 Å².